The zero-order chi connectivity index (χ0) is 12.5. The number of benzene rings is 2. The van der Waals surface area contributed by atoms with Crippen LogP contribution in [0.2, 0.25) is 0 Å². The van der Waals surface area contributed by atoms with E-state index >= 15 is 0 Å². The highest BCUT2D eigenvalue weighted by molar-refractivity contribution is 8.11. The third-order valence-corrected chi connectivity index (χ3v) is 5.49. The first-order valence-electron chi connectivity index (χ1n) is 5.45. The van der Waals surface area contributed by atoms with Gasteiger partial charge in [0.2, 0.25) is 0 Å². The summed E-state index contributed by atoms with van der Waals surface area (Å²) in [6.07, 6.45) is 0. The molecule has 0 saturated heterocycles. The topological polar surface area (TPSA) is 26.3 Å². The van der Waals surface area contributed by atoms with Crippen molar-refractivity contribution in [2.45, 2.75) is 16.3 Å². The quantitative estimate of drug-likeness (QED) is 0.623. The molecule has 2 nitrogen and oxygen atoms in total. The molecule has 1 heterocycles. The van der Waals surface area contributed by atoms with Crippen LogP contribution in [0.3, 0.4) is 0 Å². The zero-order valence-electron chi connectivity index (χ0n) is 9.38. The monoisotopic (exact) mass is 279 g/mol. The van der Waals surface area contributed by atoms with Gasteiger partial charge < -0.3 is 4.55 Å². The summed E-state index contributed by atoms with van der Waals surface area (Å²) < 4.78 is 27.1. The van der Waals surface area contributed by atoms with Crippen molar-refractivity contribution in [3.05, 3.63) is 59.9 Å². The van der Waals surface area contributed by atoms with Gasteiger partial charge in [0.15, 0.2) is 4.90 Å². The van der Waals surface area contributed by atoms with E-state index in [1.165, 1.54) is 24.1 Å². The Morgan fingerprint density at radius 2 is 1.94 bits per heavy atom. The second-order valence-corrected chi connectivity index (χ2v) is 6.58. The fourth-order valence-corrected chi connectivity index (χ4v) is 4.51. The van der Waals surface area contributed by atoms with Crippen LogP contribution in [0.4, 0.5) is 4.39 Å². The highest BCUT2D eigenvalue weighted by Crippen LogP contribution is 2.42. The van der Waals surface area contributed by atoms with E-state index < -0.39 is 11.4 Å². The molecule has 0 radical (unpaired) electrons. The lowest BCUT2D eigenvalue weighted by molar-refractivity contribution is 0.544. The number of hydrogen-bond donors (Lipinski definition) is 0. The third-order valence-electron chi connectivity index (χ3n) is 2.63. The summed E-state index contributed by atoms with van der Waals surface area (Å²) in [5.74, 6) is -0.292. The molecule has 18 heavy (non-hydrogen) atoms. The van der Waals surface area contributed by atoms with Crippen LogP contribution in [0.1, 0.15) is 5.56 Å². The van der Waals surface area contributed by atoms with E-state index in [-0.39, 0.29) is 5.82 Å². The van der Waals surface area contributed by atoms with Crippen molar-refractivity contribution < 1.29 is 8.94 Å². The Kier molecular flexibility index (Phi) is 3.30. The molecule has 0 aromatic heterocycles. The first-order valence-corrected chi connectivity index (χ1v) is 7.33. The Hall–Kier alpha value is -1.01. The van der Waals surface area contributed by atoms with Gasteiger partial charge in [-0.2, -0.15) is 0 Å². The summed E-state index contributed by atoms with van der Waals surface area (Å²) >= 11 is 0.132. The van der Waals surface area contributed by atoms with Crippen LogP contribution in [0.25, 0.3) is 0 Å². The molecule has 0 aliphatic carbocycles. The van der Waals surface area contributed by atoms with Crippen LogP contribution in [0, 0.1) is 5.82 Å². The minimum absolute atomic E-state index is 0.292. The van der Waals surface area contributed by atoms with Crippen LogP contribution in [0.5, 0.6) is 0 Å². The van der Waals surface area contributed by atoms with E-state index in [2.05, 4.69) is 0 Å². The normalized spacial score (nSPS) is 18.9. The molecule has 1 unspecified atom stereocenters. The first-order chi connectivity index (χ1) is 8.74. The molecule has 3 rings (SSSR count). The third kappa shape index (κ3) is 2.27. The van der Waals surface area contributed by atoms with E-state index in [0.717, 1.165) is 10.5 Å². The van der Waals surface area contributed by atoms with Crippen molar-refractivity contribution in [2.75, 3.05) is 0 Å². The van der Waals surface area contributed by atoms with Gasteiger partial charge in [0.1, 0.15) is 5.82 Å². The van der Waals surface area contributed by atoms with E-state index in [1.54, 1.807) is 9.78 Å². The Morgan fingerprint density at radius 3 is 2.72 bits per heavy atom. The molecule has 0 bridgehead atoms. The number of hydrogen-bond acceptors (Lipinski definition) is 3. The predicted molar refractivity (Wildman–Crippen MR) is 70.7 cm³/mol. The highest BCUT2D eigenvalue weighted by atomic mass is 32.3. The van der Waals surface area contributed by atoms with Gasteiger partial charge in [-0.3, -0.25) is 0 Å². The molecule has 2 aromatic carbocycles. The molecule has 1 atom stereocenters. The first kappa shape index (κ1) is 12.0. The molecule has 0 amide bonds. The van der Waals surface area contributed by atoms with Crippen molar-refractivity contribution in [3.8, 4) is 0 Å². The molecular formula is C13H10FNOS2. The average molecular weight is 279 g/mol. The molecule has 5 heteroatoms. The maximum atomic E-state index is 13.1. The SMILES string of the molecule is [O-][S+]1c2ccc(F)cc2SN1Cc1ccccc1. The van der Waals surface area contributed by atoms with Gasteiger partial charge in [0.25, 0.3) is 0 Å². The molecule has 0 N–H and O–H groups in total. The number of rotatable bonds is 2. The molecule has 1 aliphatic heterocycles. The van der Waals surface area contributed by atoms with Gasteiger partial charge in [-0.25, -0.2) is 4.39 Å². The number of halogens is 1. The van der Waals surface area contributed by atoms with Gasteiger partial charge in [-0.1, -0.05) is 34.0 Å². The summed E-state index contributed by atoms with van der Waals surface area (Å²) in [4.78, 5) is 1.43. The van der Waals surface area contributed by atoms with Crippen LogP contribution >= 0.6 is 11.9 Å². The van der Waals surface area contributed by atoms with Crippen LogP contribution < -0.4 is 0 Å². The van der Waals surface area contributed by atoms with Gasteiger partial charge in [0, 0.05) is 11.9 Å². The summed E-state index contributed by atoms with van der Waals surface area (Å²) in [5.41, 5.74) is 1.09. The second-order valence-electron chi connectivity index (χ2n) is 3.91. The van der Waals surface area contributed by atoms with Gasteiger partial charge in [-0.15, -0.1) is 0 Å². The van der Waals surface area contributed by atoms with Gasteiger partial charge in [-0.05, 0) is 23.8 Å². The summed E-state index contributed by atoms with van der Waals surface area (Å²) in [6, 6.07) is 14.2. The minimum atomic E-state index is -1.21. The van der Waals surface area contributed by atoms with E-state index in [4.69, 9.17) is 0 Å². The Bertz CT molecular complexity index is 564. The molecule has 2 aromatic rings. The van der Waals surface area contributed by atoms with Crippen molar-refractivity contribution in [2.24, 2.45) is 0 Å². The van der Waals surface area contributed by atoms with Crippen LogP contribution in [0.15, 0.2) is 58.3 Å². The molecule has 1 aliphatic rings. The molecular weight excluding hydrogens is 269 g/mol. The Morgan fingerprint density at radius 1 is 1.17 bits per heavy atom. The van der Waals surface area contributed by atoms with Gasteiger partial charge in [0.05, 0.1) is 22.8 Å². The maximum Gasteiger partial charge on any atom is 0.190 e. The fourth-order valence-electron chi connectivity index (χ4n) is 1.77. The van der Waals surface area contributed by atoms with E-state index in [9.17, 15) is 8.94 Å². The Balaban J connectivity index is 1.82. The minimum Gasteiger partial charge on any atom is -0.592 e. The van der Waals surface area contributed by atoms with Crippen LogP contribution in [-0.4, -0.2) is 8.26 Å². The second kappa shape index (κ2) is 4.93. The predicted octanol–water partition coefficient (Wildman–Crippen LogP) is 3.37. The molecule has 0 spiro atoms. The van der Waals surface area contributed by atoms with E-state index in [1.807, 2.05) is 30.3 Å². The number of fused-ring (bicyclic) bond motifs is 1. The fraction of sp³-hybridized carbons (Fsp3) is 0.0769. The summed E-state index contributed by atoms with van der Waals surface area (Å²) in [5, 5.41) is 0. The Labute approximate surface area is 112 Å². The highest BCUT2D eigenvalue weighted by Gasteiger charge is 2.35. The summed E-state index contributed by atoms with van der Waals surface area (Å²) in [6.45, 7) is 0.578. The van der Waals surface area contributed by atoms with Crippen LogP contribution in [-0.2, 0) is 17.9 Å². The lowest BCUT2D eigenvalue weighted by Crippen LogP contribution is -2.19. The largest absolute Gasteiger partial charge is 0.592 e. The maximum absolute atomic E-state index is 13.1. The molecule has 0 saturated carbocycles. The molecule has 92 valence electrons. The summed E-state index contributed by atoms with van der Waals surface area (Å²) in [7, 11) is 0. The molecule has 0 fully saturated rings. The van der Waals surface area contributed by atoms with Gasteiger partial charge >= 0.3 is 0 Å². The lowest BCUT2D eigenvalue weighted by atomic mass is 10.2. The zero-order valence-corrected chi connectivity index (χ0v) is 11.0. The standard InChI is InChI=1S/C13H10FNOS2/c14-11-6-7-13-12(8-11)17-15(18(13)16)9-10-4-2-1-3-5-10/h1-8H,9H2. The van der Waals surface area contributed by atoms with Crippen molar-refractivity contribution in [3.63, 3.8) is 0 Å². The van der Waals surface area contributed by atoms with E-state index in [0.29, 0.717) is 11.4 Å². The lowest BCUT2D eigenvalue weighted by Gasteiger charge is -2.14. The smallest absolute Gasteiger partial charge is 0.190 e. The average Bonchev–Trinajstić information content (AvgIpc) is 2.67. The van der Waals surface area contributed by atoms with Crippen molar-refractivity contribution in [1.82, 2.24) is 3.71 Å². The number of nitrogens with zero attached hydrogens (tertiary/aromatic N) is 1. The van der Waals surface area contributed by atoms with Crippen molar-refractivity contribution in [1.29, 1.82) is 0 Å². The van der Waals surface area contributed by atoms with Crippen molar-refractivity contribution >= 4 is 23.3 Å².